The summed E-state index contributed by atoms with van der Waals surface area (Å²) in [6.45, 7) is 1.98. The maximum Gasteiger partial charge on any atom is 0.0627 e. The first-order valence-electron chi connectivity index (χ1n) is 15.4. The van der Waals surface area contributed by atoms with Crippen molar-refractivity contribution < 1.29 is 0 Å². The SMILES string of the molecule is C/C=C\c1ccc(/C=C\CC2C=CC(c3c4ccccc4c(-c4ccc5ccccc5c4)c4ccccc34)=CC2)c(N)c1N. The van der Waals surface area contributed by atoms with Gasteiger partial charge in [0, 0.05) is 0 Å². The van der Waals surface area contributed by atoms with E-state index in [4.69, 9.17) is 11.5 Å². The lowest BCUT2D eigenvalue weighted by Crippen LogP contribution is -2.01. The third kappa shape index (κ3) is 4.99. The molecule has 7 rings (SSSR count). The molecule has 0 aromatic heterocycles. The van der Waals surface area contributed by atoms with Gasteiger partial charge in [-0.1, -0.05) is 140 Å². The molecular formula is C42H36N2. The minimum atomic E-state index is 0.435. The summed E-state index contributed by atoms with van der Waals surface area (Å²) in [6.07, 6.45) is 17.3. The first kappa shape index (κ1) is 27.5. The highest BCUT2D eigenvalue weighted by molar-refractivity contribution is 6.19. The van der Waals surface area contributed by atoms with Gasteiger partial charge in [-0.25, -0.2) is 0 Å². The fourth-order valence-electron chi connectivity index (χ4n) is 6.63. The van der Waals surface area contributed by atoms with Gasteiger partial charge in [-0.05, 0) is 97.5 Å². The van der Waals surface area contributed by atoms with E-state index in [0.29, 0.717) is 17.3 Å². The minimum absolute atomic E-state index is 0.435. The Bertz CT molecular complexity index is 2100. The Labute approximate surface area is 259 Å². The van der Waals surface area contributed by atoms with Gasteiger partial charge in [0.2, 0.25) is 0 Å². The Morgan fingerprint density at radius 3 is 1.86 bits per heavy atom. The second-order valence-electron chi connectivity index (χ2n) is 11.6. The number of allylic oxidation sites excluding steroid dienone is 6. The molecule has 1 atom stereocenters. The van der Waals surface area contributed by atoms with Crippen molar-refractivity contribution in [2.45, 2.75) is 19.8 Å². The predicted molar refractivity (Wildman–Crippen MR) is 193 cm³/mol. The molecule has 214 valence electrons. The number of hydrogen-bond acceptors (Lipinski definition) is 2. The van der Waals surface area contributed by atoms with E-state index in [-0.39, 0.29) is 0 Å². The quantitative estimate of drug-likeness (QED) is 0.155. The minimum Gasteiger partial charge on any atom is -0.397 e. The second-order valence-corrected chi connectivity index (χ2v) is 11.6. The zero-order valence-electron chi connectivity index (χ0n) is 25.0. The van der Waals surface area contributed by atoms with Gasteiger partial charge in [-0.15, -0.1) is 0 Å². The number of hydrogen-bond donors (Lipinski definition) is 2. The molecule has 1 aliphatic carbocycles. The van der Waals surface area contributed by atoms with Crippen LogP contribution in [0, 0.1) is 5.92 Å². The van der Waals surface area contributed by atoms with E-state index in [2.05, 4.69) is 121 Å². The molecule has 0 heterocycles. The topological polar surface area (TPSA) is 52.0 Å². The van der Waals surface area contributed by atoms with Gasteiger partial charge in [0.05, 0.1) is 11.4 Å². The molecule has 1 unspecified atom stereocenters. The molecule has 0 saturated carbocycles. The highest BCUT2D eigenvalue weighted by Gasteiger charge is 2.18. The van der Waals surface area contributed by atoms with Crippen molar-refractivity contribution in [1.82, 2.24) is 0 Å². The first-order chi connectivity index (χ1) is 21.6. The van der Waals surface area contributed by atoms with Crippen molar-refractivity contribution in [3.05, 3.63) is 150 Å². The van der Waals surface area contributed by atoms with Crippen molar-refractivity contribution in [3.8, 4) is 11.1 Å². The standard InChI is InChI=1S/C42H36N2/c1-2-10-31-24-25-32(42(44)41(31)43)14-9-11-28-19-21-30(22-20-28)39-35-15-5-7-17-37(35)40(38-18-8-6-16-36(38)39)34-26-23-29-12-3-4-13-33(29)27-34/h2-10,12-19,21-28H,11,20,43-44H2,1H3/b10-2-,14-9-. The number of anilines is 2. The van der Waals surface area contributed by atoms with E-state index in [9.17, 15) is 0 Å². The van der Waals surface area contributed by atoms with E-state index in [1.807, 2.05) is 31.2 Å². The molecule has 2 heteroatoms. The molecule has 6 aromatic carbocycles. The largest absolute Gasteiger partial charge is 0.397 e. The maximum absolute atomic E-state index is 6.34. The van der Waals surface area contributed by atoms with Crippen LogP contribution in [0.25, 0.3) is 61.2 Å². The van der Waals surface area contributed by atoms with Crippen molar-refractivity contribution in [2.24, 2.45) is 5.92 Å². The van der Waals surface area contributed by atoms with Gasteiger partial charge in [-0.2, -0.15) is 0 Å². The number of rotatable bonds is 6. The normalized spacial score (nSPS) is 15.2. The lowest BCUT2D eigenvalue weighted by Gasteiger charge is -2.21. The summed E-state index contributed by atoms with van der Waals surface area (Å²) in [7, 11) is 0. The van der Waals surface area contributed by atoms with E-state index in [1.54, 1.807) is 0 Å². The number of fused-ring (bicyclic) bond motifs is 3. The van der Waals surface area contributed by atoms with Crippen molar-refractivity contribution in [3.63, 3.8) is 0 Å². The van der Waals surface area contributed by atoms with Crippen LogP contribution in [-0.4, -0.2) is 0 Å². The summed E-state index contributed by atoms with van der Waals surface area (Å²) in [5.74, 6) is 0.435. The van der Waals surface area contributed by atoms with Crippen LogP contribution in [-0.2, 0) is 0 Å². The molecule has 44 heavy (non-hydrogen) atoms. The Balaban J connectivity index is 1.22. The summed E-state index contributed by atoms with van der Waals surface area (Å²) in [5.41, 5.74) is 21.0. The molecule has 0 bridgehead atoms. The number of benzene rings is 6. The Morgan fingerprint density at radius 2 is 1.25 bits per heavy atom. The van der Waals surface area contributed by atoms with E-state index < -0.39 is 0 Å². The molecule has 6 aromatic rings. The summed E-state index contributed by atoms with van der Waals surface area (Å²) in [6, 6.07) is 37.3. The Morgan fingerprint density at radius 1 is 0.659 bits per heavy atom. The Hall–Kier alpha value is -5.34. The predicted octanol–water partition coefficient (Wildman–Crippen LogP) is 11.1. The lowest BCUT2D eigenvalue weighted by molar-refractivity contribution is 0.672. The van der Waals surface area contributed by atoms with Gasteiger partial charge in [0.15, 0.2) is 0 Å². The average Bonchev–Trinajstić information content (AvgIpc) is 3.07. The Kier molecular flexibility index (Phi) is 7.33. The maximum atomic E-state index is 6.34. The van der Waals surface area contributed by atoms with E-state index in [1.165, 1.54) is 54.6 Å². The molecule has 0 fully saturated rings. The molecule has 0 spiro atoms. The number of nitrogens with two attached hydrogens (primary N) is 2. The highest BCUT2D eigenvalue weighted by atomic mass is 14.7. The van der Waals surface area contributed by atoms with Gasteiger partial charge in [0.1, 0.15) is 0 Å². The third-order valence-electron chi connectivity index (χ3n) is 8.88. The van der Waals surface area contributed by atoms with Crippen molar-refractivity contribution in [1.29, 1.82) is 0 Å². The first-order valence-corrected chi connectivity index (χ1v) is 15.4. The van der Waals surface area contributed by atoms with E-state index in [0.717, 1.165) is 24.0 Å². The third-order valence-corrected chi connectivity index (χ3v) is 8.88. The van der Waals surface area contributed by atoms with Gasteiger partial charge in [-0.3, -0.25) is 0 Å². The smallest absolute Gasteiger partial charge is 0.0627 e. The highest BCUT2D eigenvalue weighted by Crippen LogP contribution is 2.43. The lowest BCUT2D eigenvalue weighted by atomic mass is 9.83. The van der Waals surface area contributed by atoms with Gasteiger partial charge >= 0.3 is 0 Å². The molecule has 4 N–H and O–H groups in total. The summed E-state index contributed by atoms with van der Waals surface area (Å²) >= 11 is 0. The molecule has 2 nitrogen and oxygen atoms in total. The molecule has 0 saturated heterocycles. The van der Waals surface area contributed by atoms with Crippen LogP contribution >= 0.6 is 0 Å². The van der Waals surface area contributed by atoms with Crippen LogP contribution in [0.5, 0.6) is 0 Å². The van der Waals surface area contributed by atoms with Gasteiger partial charge in [0.25, 0.3) is 0 Å². The van der Waals surface area contributed by atoms with Crippen molar-refractivity contribution >= 4 is 61.4 Å². The summed E-state index contributed by atoms with van der Waals surface area (Å²) in [4.78, 5) is 0. The fourth-order valence-corrected chi connectivity index (χ4v) is 6.63. The van der Waals surface area contributed by atoms with E-state index >= 15 is 0 Å². The molecule has 1 aliphatic rings. The van der Waals surface area contributed by atoms with Crippen LogP contribution < -0.4 is 11.5 Å². The van der Waals surface area contributed by atoms with Crippen LogP contribution in [0.1, 0.15) is 36.5 Å². The monoisotopic (exact) mass is 568 g/mol. The van der Waals surface area contributed by atoms with Crippen molar-refractivity contribution in [2.75, 3.05) is 11.5 Å². The molecule has 0 radical (unpaired) electrons. The van der Waals surface area contributed by atoms with Crippen LogP contribution in [0.15, 0.2) is 134 Å². The molecule has 0 aliphatic heterocycles. The fraction of sp³-hybridized carbons (Fsp3) is 0.0952. The second kappa shape index (κ2) is 11.7. The average molecular weight is 569 g/mol. The summed E-state index contributed by atoms with van der Waals surface area (Å²) < 4.78 is 0. The van der Waals surface area contributed by atoms with Gasteiger partial charge < -0.3 is 11.5 Å². The van der Waals surface area contributed by atoms with Crippen LogP contribution in [0.3, 0.4) is 0 Å². The zero-order valence-corrected chi connectivity index (χ0v) is 25.0. The number of nitrogen functional groups attached to an aromatic ring is 2. The summed E-state index contributed by atoms with van der Waals surface area (Å²) in [5, 5.41) is 7.67. The zero-order chi connectivity index (χ0) is 30.0. The molecular weight excluding hydrogens is 532 g/mol. The van der Waals surface area contributed by atoms with Crippen LogP contribution in [0.4, 0.5) is 11.4 Å². The molecule has 0 amide bonds. The van der Waals surface area contributed by atoms with Crippen LogP contribution in [0.2, 0.25) is 0 Å².